The summed E-state index contributed by atoms with van der Waals surface area (Å²) in [7, 11) is 3.20. The van der Waals surface area contributed by atoms with Crippen LogP contribution in [-0.4, -0.2) is 30.9 Å². The fourth-order valence-corrected chi connectivity index (χ4v) is 6.16. The number of hydrogen-bond donors (Lipinski definition) is 1. The van der Waals surface area contributed by atoms with Crippen molar-refractivity contribution in [3.63, 3.8) is 0 Å². The standard InChI is InChI=1S/C34H38N2O4/c1-23-18-25(20-31(39-2)34(23)40-3)33(30(37)19-24-12-6-4-7-13-24)36(27-14-8-5-9-15-27)32(38)21-26-22-35-29-17-11-10-16-28(26)29/h5,8-11,14-18,20,22,24,33,35H,4,6-7,12-13,19,21H2,1-3H3. The van der Waals surface area contributed by atoms with Gasteiger partial charge in [0.05, 0.1) is 20.6 Å². The van der Waals surface area contributed by atoms with Crippen LogP contribution in [0, 0.1) is 12.8 Å². The summed E-state index contributed by atoms with van der Waals surface area (Å²) in [5, 5.41) is 1.01. The molecule has 0 saturated heterocycles. The van der Waals surface area contributed by atoms with Gasteiger partial charge in [0.25, 0.3) is 0 Å². The molecule has 6 nitrogen and oxygen atoms in total. The first-order valence-corrected chi connectivity index (χ1v) is 14.2. The van der Waals surface area contributed by atoms with E-state index in [4.69, 9.17) is 9.47 Å². The van der Waals surface area contributed by atoms with Crippen molar-refractivity contribution < 1.29 is 19.1 Å². The van der Waals surface area contributed by atoms with E-state index in [9.17, 15) is 9.59 Å². The number of H-pyrrole nitrogens is 1. The molecule has 1 heterocycles. The van der Waals surface area contributed by atoms with Gasteiger partial charge >= 0.3 is 0 Å². The van der Waals surface area contributed by atoms with E-state index in [0.717, 1.165) is 53.3 Å². The van der Waals surface area contributed by atoms with E-state index in [0.29, 0.717) is 29.5 Å². The average molecular weight is 539 g/mol. The average Bonchev–Trinajstić information content (AvgIpc) is 3.38. The summed E-state index contributed by atoms with van der Waals surface area (Å²) in [5.41, 5.74) is 4.17. The van der Waals surface area contributed by atoms with Crippen LogP contribution < -0.4 is 14.4 Å². The third-order valence-electron chi connectivity index (χ3n) is 8.10. The zero-order chi connectivity index (χ0) is 28.1. The molecule has 0 spiro atoms. The van der Waals surface area contributed by atoms with Crippen LogP contribution in [0.1, 0.15) is 61.3 Å². The lowest BCUT2D eigenvalue weighted by Gasteiger charge is -2.33. The van der Waals surface area contributed by atoms with Crippen LogP contribution in [0.3, 0.4) is 0 Å². The van der Waals surface area contributed by atoms with E-state index in [2.05, 4.69) is 4.98 Å². The number of aromatic nitrogens is 1. The molecule has 1 N–H and O–H groups in total. The molecule has 3 aromatic carbocycles. The zero-order valence-corrected chi connectivity index (χ0v) is 23.6. The number of Topliss-reactive ketones (excluding diaryl/α,β-unsaturated/α-hetero) is 1. The van der Waals surface area contributed by atoms with Crippen LogP contribution in [0.2, 0.25) is 0 Å². The Hall–Kier alpha value is -4.06. The van der Waals surface area contributed by atoms with E-state index in [1.165, 1.54) is 6.42 Å². The molecular weight excluding hydrogens is 500 g/mol. The van der Waals surface area contributed by atoms with Crippen molar-refractivity contribution in [1.82, 2.24) is 4.98 Å². The lowest BCUT2D eigenvalue weighted by molar-refractivity contribution is -0.125. The minimum Gasteiger partial charge on any atom is -0.493 e. The van der Waals surface area contributed by atoms with Crippen molar-refractivity contribution in [3.05, 3.63) is 89.6 Å². The number of methoxy groups -OCH3 is 2. The number of fused-ring (bicyclic) bond motifs is 1. The number of anilines is 1. The summed E-state index contributed by atoms with van der Waals surface area (Å²) in [4.78, 5) is 33.7. The molecule has 0 aliphatic heterocycles. The first kappa shape index (κ1) is 27.5. The number of benzene rings is 3. The largest absolute Gasteiger partial charge is 0.493 e. The van der Waals surface area contributed by atoms with Gasteiger partial charge in [0.15, 0.2) is 17.3 Å². The number of nitrogens with one attached hydrogen (secondary N) is 1. The number of carbonyl (C=O) groups excluding carboxylic acids is 2. The van der Waals surface area contributed by atoms with Gasteiger partial charge in [0.2, 0.25) is 5.91 Å². The van der Waals surface area contributed by atoms with Crippen LogP contribution in [0.25, 0.3) is 10.9 Å². The topological polar surface area (TPSA) is 71.6 Å². The van der Waals surface area contributed by atoms with E-state index in [1.54, 1.807) is 19.1 Å². The van der Waals surface area contributed by atoms with Crippen LogP contribution in [0.15, 0.2) is 72.9 Å². The van der Waals surface area contributed by atoms with Crippen molar-refractivity contribution in [2.75, 3.05) is 19.1 Å². The van der Waals surface area contributed by atoms with Gasteiger partial charge in [-0.05, 0) is 59.9 Å². The van der Waals surface area contributed by atoms with Gasteiger partial charge in [0.1, 0.15) is 6.04 Å². The Morgan fingerprint density at radius 2 is 1.68 bits per heavy atom. The fourth-order valence-electron chi connectivity index (χ4n) is 6.16. The molecule has 6 heteroatoms. The van der Waals surface area contributed by atoms with Crippen molar-refractivity contribution >= 4 is 28.3 Å². The van der Waals surface area contributed by atoms with Gasteiger partial charge in [-0.15, -0.1) is 0 Å². The van der Waals surface area contributed by atoms with Gasteiger partial charge < -0.3 is 14.5 Å². The monoisotopic (exact) mass is 538 g/mol. The number of aryl methyl sites for hydroxylation is 1. The predicted octanol–water partition coefficient (Wildman–Crippen LogP) is 7.35. The number of carbonyl (C=O) groups is 2. The maximum absolute atomic E-state index is 14.3. The second-order valence-electron chi connectivity index (χ2n) is 10.8. The van der Waals surface area contributed by atoms with Gasteiger partial charge in [-0.3, -0.25) is 14.5 Å². The van der Waals surface area contributed by atoms with Crippen LogP contribution in [-0.2, 0) is 16.0 Å². The fraction of sp³-hybridized carbons (Fsp3) is 0.353. The van der Waals surface area contributed by atoms with Crippen LogP contribution >= 0.6 is 0 Å². The first-order valence-electron chi connectivity index (χ1n) is 14.2. The van der Waals surface area contributed by atoms with E-state index < -0.39 is 6.04 Å². The number of aromatic amines is 1. The lowest BCUT2D eigenvalue weighted by atomic mass is 9.83. The number of nitrogens with zero attached hydrogens (tertiary/aromatic N) is 1. The third-order valence-corrected chi connectivity index (χ3v) is 8.10. The summed E-state index contributed by atoms with van der Waals surface area (Å²) in [5.74, 6) is 1.43. The van der Waals surface area contributed by atoms with Crippen molar-refractivity contribution in [2.24, 2.45) is 5.92 Å². The molecule has 1 unspecified atom stereocenters. The maximum Gasteiger partial charge on any atom is 0.232 e. The van der Waals surface area contributed by atoms with E-state index >= 15 is 0 Å². The Kier molecular flexibility index (Phi) is 8.54. The molecule has 1 aromatic heterocycles. The van der Waals surface area contributed by atoms with Gasteiger partial charge in [-0.1, -0.05) is 68.5 Å². The molecule has 1 fully saturated rings. The van der Waals surface area contributed by atoms with Crippen molar-refractivity contribution in [1.29, 1.82) is 0 Å². The van der Waals surface area contributed by atoms with Crippen LogP contribution in [0.4, 0.5) is 5.69 Å². The second kappa shape index (κ2) is 12.4. The number of ether oxygens (including phenoxy) is 2. The minimum absolute atomic E-state index is 0.0506. The number of amides is 1. The minimum atomic E-state index is -0.791. The van der Waals surface area contributed by atoms with E-state index in [-0.39, 0.29) is 18.1 Å². The number of para-hydroxylation sites is 2. The maximum atomic E-state index is 14.3. The smallest absolute Gasteiger partial charge is 0.232 e. The normalized spacial score (nSPS) is 14.6. The zero-order valence-electron chi connectivity index (χ0n) is 23.6. The Labute approximate surface area is 236 Å². The Bertz CT molecular complexity index is 1470. The molecule has 0 radical (unpaired) electrons. The molecular formula is C34H38N2O4. The summed E-state index contributed by atoms with van der Waals surface area (Å²) in [6, 6.07) is 20.5. The van der Waals surface area contributed by atoms with Gasteiger partial charge in [-0.25, -0.2) is 0 Å². The first-order chi connectivity index (χ1) is 19.5. The Morgan fingerprint density at radius 1 is 0.950 bits per heavy atom. The van der Waals surface area contributed by atoms with Gasteiger partial charge in [0, 0.05) is 29.2 Å². The Balaban J connectivity index is 1.60. The molecule has 40 heavy (non-hydrogen) atoms. The van der Waals surface area contributed by atoms with Crippen molar-refractivity contribution in [2.45, 2.75) is 57.9 Å². The predicted molar refractivity (Wildman–Crippen MR) is 159 cm³/mol. The molecule has 1 saturated carbocycles. The molecule has 4 aromatic rings. The highest BCUT2D eigenvalue weighted by molar-refractivity contribution is 6.04. The molecule has 1 atom stereocenters. The summed E-state index contributed by atoms with van der Waals surface area (Å²) in [6.07, 6.45) is 8.14. The SMILES string of the molecule is COc1cc(C(C(=O)CC2CCCCC2)N(C(=O)Cc2c[nH]c3ccccc23)c2ccccc2)cc(C)c1OC. The number of rotatable bonds is 10. The molecule has 5 rings (SSSR count). The second-order valence-corrected chi connectivity index (χ2v) is 10.8. The number of hydrogen-bond acceptors (Lipinski definition) is 4. The summed E-state index contributed by atoms with van der Waals surface area (Å²) < 4.78 is 11.3. The highest BCUT2D eigenvalue weighted by atomic mass is 16.5. The highest BCUT2D eigenvalue weighted by Gasteiger charge is 2.35. The molecule has 208 valence electrons. The van der Waals surface area contributed by atoms with Gasteiger partial charge in [-0.2, -0.15) is 0 Å². The molecule has 1 amide bonds. The highest BCUT2D eigenvalue weighted by Crippen LogP contribution is 2.39. The molecule has 1 aliphatic carbocycles. The molecule has 0 bridgehead atoms. The Morgan fingerprint density at radius 3 is 2.40 bits per heavy atom. The van der Waals surface area contributed by atoms with Crippen molar-refractivity contribution in [3.8, 4) is 11.5 Å². The van der Waals surface area contributed by atoms with Crippen LogP contribution in [0.5, 0.6) is 11.5 Å². The molecule has 1 aliphatic rings. The van der Waals surface area contributed by atoms with E-state index in [1.807, 2.05) is 79.9 Å². The summed E-state index contributed by atoms with van der Waals surface area (Å²) >= 11 is 0. The summed E-state index contributed by atoms with van der Waals surface area (Å²) in [6.45, 7) is 1.94. The number of ketones is 1. The third kappa shape index (κ3) is 5.76. The quantitative estimate of drug-likeness (QED) is 0.229. The lowest BCUT2D eigenvalue weighted by Crippen LogP contribution is -2.40.